The van der Waals surface area contributed by atoms with Crippen molar-refractivity contribution in [3.8, 4) is 5.75 Å². The van der Waals surface area contributed by atoms with Gasteiger partial charge < -0.3 is 9.47 Å². The molecule has 0 aliphatic rings. The predicted molar refractivity (Wildman–Crippen MR) is 59.9 cm³/mol. The second-order valence-electron chi connectivity index (χ2n) is 3.07. The van der Waals surface area contributed by atoms with Crippen molar-refractivity contribution in [1.82, 2.24) is 5.43 Å². The molecule has 0 amide bonds. The first-order chi connectivity index (χ1) is 7.22. The zero-order valence-electron chi connectivity index (χ0n) is 8.79. The van der Waals surface area contributed by atoms with Gasteiger partial charge in [-0.2, -0.15) is 0 Å². The highest BCUT2D eigenvalue weighted by Crippen LogP contribution is 2.27. The van der Waals surface area contributed by atoms with Gasteiger partial charge in [0, 0.05) is 7.11 Å². The first-order valence-electron chi connectivity index (χ1n) is 4.51. The number of nitrogens with one attached hydrogen (secondary N) is 1. The van der Waals surface area contributed by atoms with Crippen LogP contribution in [-0.4, -0.2) is 20.8 Å². The molecule has 0 aliphatic heterocycles. The Morgan fingerprint density at radius 1 is 1.47 bits per heavy atom. The number of nitrogens with two attached hydrogens (primary N) is 1. The van der Waals surface area contributed by atoms with Crippen molar-refractivity contribution < 1.29 is 9.47 Å². The smallest absolute Gasteiger partial charge is 0.137 e. The molecule has 84 valence electrons. The number of methoxy groups -OCH3 is 2. The molecular formula is C10H15ClN2O2. The summed E-state index contributed by atoms with van der Waals surface area (Å²) in [5, 5.41) is 0.578. The second kappa shape index (κ2) is 5.92. The minimum absolute atomic E-state index is 0.0684. The summed E-state index contributed by atoms with van der Waals surface area (Å²) in [4.78, 5) is 0. The standard InChI is InChI=1S/C10H15ClN2O2/c1-14-6-9(13-12)7-3-4-8(11)10(5-7)15-2/h3-5,9,13H,6,12H2,1-2H3. The van der Waals surface area contributed by atoms with Crippen molar-refractivity contribution in [2.75, 3.05) is 20.8 Å². The van der Waals surface area contributed by atoms with Gasteiger partial charge in [-0.1, -0.05) is 17.7 Å². The van der Waals surface area contributed by atoms with Crippen LogP contribution >= 0.6 is 11.6 Å². The molecule has 1 aromatic rings. The van der Waals surface area contributed by atoms with Gasteiger partial charge in [0.25, 0.3) is 0 Å². The molecule has 1 rings (SSSR count). The predicted octanol–water partition coefficient (Wildman–Crippen LogP) is 1.50. The minimum Gasteiger partial charge on any atom is -0.495 e. The number of halogens is 1. The van der Waals surface area contributed by atoms with Gasteiger partial charge in [-0.15, -0.1) is 0 Å². The highest BCUT2D eigenvalue weighted by Gasteiger charge is 2.11. The van der Waals surface area contributed by atoms with Crippen LogP contribution < -0.4 is 16.0 Å². The Balaban J connectivity index is 2.92. The lowest BCUT2D eigenvalue weighted by molar-refractivity contribution is 0.167. The van der Waals surface area contributed by atoms with Crippen LogP contribution in [0.4, 0.5) is 0 Å². The Bertz CT molecular complexity index is 320. The molecular weight excluding hydrogens is 216 g/mol. The van der Waals surface area contributed by atoms with Crippen LogP contribution in [-0.2, 0) is 4.74 Å². The average molecular weight is 231 g/mol. The molecule has 4 nitrogen and oxygen atoms in total. The lowest BCUT2D eigenvalue weighted by atomic mass is 10.1. The summed E-state index contributed by atoms with van der Waals surface area (Å²) in [6, 6.07) is 5.43. The van der Waals surface area contributed by atoms with Crippen molar-refractivity contribution in [2.24, 2.45) is 5.84 Å². The largest absolute Gasteiger partial charge is 0.495 e. The van der Waals surface area contributed by atoms with E-state index in [-0.39, 0.29) is 6.04 Å². The van der Waals surface area contributed by atoms with E-state index >= 15 is 0 Å². The zero-order valence-corrected chi connectivity index (χ0v) is 9.54. The molecule has 1 aromatic carbocycles. The fourth-order valence-electron chi connectivity index (χ4n) is 1.30. The van der Waals surface area contributed by atoms with Gasteiger partial charge in [-0.25, -0.2) is 0 Å². The van der Waals surface area contributed by atoms with Crippen molar-refractivity contribution >= 4 is 11.6 Å². The van der Waals surface area contributed by atoms with E-state index in [4.69, 9.17) is 26.9 Å². The van der Waals surface area contributed by atoms with Crippen LogP contribution in [0, 0.1) is 0 Å². The van der Waals surface area contributed by atoms with Gasteiger partial charge in [0.05, 0.1) is 24.8 Å². The van der Waals surface area contributed by atoms with Crippen LogP contribution in [0.1, 0.15) is 11.6 Å². The molecule has 0 bridgehead atoms. The van der Waals surface area contributed by atoms with Crippen LogP contribution in [0.5, 0.6) is 5.75 Å². The highest BCUT2D eigenvalue weighted by molar-refractivity contribution is 6.32. The Kier molecular flexibility index (Phi) is 4.84. The highest BCUT2D eigenvalue weighted by atomic mass is 35.5. The topological polar surface area (TPSA) is 56.5 Å². The van der Waals surface area contributed by atoms with E-state index in [1.165, 1.54) is 0 Å². The lowest BCUT2D eigenvalue weighted by Crippen LogP contribution is -2.31. The quantitative estimate of drug-likeness (QED) is 0.595. The molecule has 15 heavy (non-hydrogen) atoms. The first-order valence-corrected chi connectivity index (χ1v) is 4.89. The molecule has 0 aliphatic carbocycles. The number of benzene rings is 1. The van der Waals surface area contributed by atoms with Gasteiger partial charge in [0.15, 0.2) is 0 Å². The van der Waals surface area contributed by atoms with Crippen molar-refractivity contribution in [1.29, 1.82) is 0 Å². The molecule has 1 atom stereocenters. The number of hydrazine groups is 1. The fraction of sp³-hybridized carbons (Fsp3) is 0.400. The number of hydrogen-bond acceptors (Lipinski definition) is 4. The third-order valence-corrected chi connectivity index (χ3v) is 2.42. The summed E-state index contributed by atoms with van der Waals surface area (Å²) >= 11 is 5.91. The molecule has 0 heterocycles. The minimum atomic E-state index is -0.0684. The third-order valence-electron chi connectivity index (χ3n) is 2.11. The maximum absolute atomic E-state index is 5.91. The Morgan fingerprint density at radius 3 is 2.73 bits per heavy atom. The van der Waals surface area contributed by atoms with Gasteiger partial charge in [-0.3, -0.25) is 11.3 Å². The van der Waals surface area contributed by atoms with Crippen LogP contribution in [0.2, 0.25) is 5.02 Å². The molecule has 1 unspecified atom stereocenters. The lowest BCUT2D eigenvalue weighted by Gasteiger charge is -2.16. The molecule has 0 radical (unpaired) electrons. The maximum Gasteiger partial charge on any atom is 0.137 e. The summed E-state index contributed by atoms with van der Waals surface area (Å²) in [5.41, 5.74) is 3.64. The maximum atomic E-state index is 5.91. The van der Waals surface area contributed by atoms with E-state index in [0.29, 0.717) is 17.4 Å². The molecule has 0 saturated heterocycles. The second-order valence-corrected chi connectivity index (χ2v) is 3.48. The molecule has 0 fully saturated rings. The van der Waals surface area contributed by atoms with Crippen molar-refractivity contribution in [2.45, 2.75) is 6.04 Å². The fourth-order valence-corrected chi connectivity index (χ4v) is 1.50. The monoisotopic (exact) mass is 230 g/mol. The molecule has 0 spiro atoms. The summed E-state index contributed by atoms with van der Waals surface area (Å²) in [6.45, 7) is 0.487. The molecule has 3 N–H and O–H groups in total. The van der Waals surface area contributed by atoms with Gasteiger partial charge in [0.1, 0.15) is 5.75 Å². The number of ether oxygens (including phenoxy) is 2. The van der Waals surface area contributed by atoms with Gasteiger partial charge >= 0.3 is 0 Å². The van der Waals surface area contributed by atoms with E-state index in [0.717, 1.165) is 5.56 Å². The summed E-state index contributed by atoms with van der Waals surface area (Å²) in [7, 11) is 3.20. The average Bonchev–Trinajstić information content (AvgIpc) is 2.27. The van der Waals surface area contributed by atoms with Gasteiger partial charge in [0.2, 0.25) is 0 Å². The van der Waals surface area contributed by atoms with Crippen molar-refractivity contribution in [3.05, 3.63) is 28.8 Å². The van der Waals surface area contributed by atoms with E-state index in [1.54, 1.807) is 20.3 Å². The molecule has 0 saturated carbocycles. The van der Waals surface area contributed by atoms with E-state index in [1.807, 2.05) is 12.1 Å². The normalized spacial score (nSPS) is 12.5. The molecule has 5 heteroatoms. The number of rotatable bonds is 5. The van der Waals surface area contributed by atoms with E-state index in [2.05, 4.69) is 5.43 Å². The van der Waals surface area contributed by atoms with E-state index in [9.17, 15) is 0 Å². The Morgan fingerprint density at radius 2 is 2.20 bits per heavy atom. The summed E-state index contributed by atoms with van der Waals surface area (Å²) in [5.74, 6) is 6.05. The Labute approximate surface area is 94.3 Å². The van der Waals surface area contributed by atoms with Crippen LogP contribution in [0.25, 0.3) is 0 Å². The summed E-state index contributed by atoms with van der Waals surface area (Å²) in [6.07, 6.45) is 0. The van der Waals surface area contributed by atoms with Crippen molar-refractivity contribution in [3.63, 3.8) is 0 Å². The number of hydrogen-bond donors (Lipinski definition) is 2. The Hall–Kier alpha value is -0.810. The first kappa shape index (κ1) is 12.3. The van der Waals surface area contributed by atoms with Crippen LogP contribution in [0.15, 0.2) is 18.2 Å². The third kappa shape index (κ3) is 3.07. The van der Waals surface area contributed by atoms with Gasteiger partial charge in [-0.05, 0) is 17.7 Å². The zero-order chi connectivity index (χ0) is 11.3. The van der Waals surface area contributed by atoms with E-state index < -0.39 is 0 Å². The molecule has 0 aromatic heterocycles. The summed E-state index contributed by atoms with van der Waals surface area (Å²) < 4.78 is 10.2. The van der Waals surface area contributed by atoms with Crippen LogP contribution in [0.3, 0.4) is 0 Å². The SMILES string of the molecule is COCC(NN)c1ccc(Cl)c(OC)c1.